The molecule has 0 fully saturated rings. The predicted octanol–water partition coefficient (Wildman–Crippen LogP) is 3.38. The summed E-state index contributed by atoms with van der Waals surface area (Å²) in [6, 6.07) is 14.4. The van der Waals surface area contributed by atoms with Crippen LogP contribution in [0.4, 0.5) is 5.69 Å². The number of carboxylic acids is 1. The highest BCUT2D eigenvalue weighted by atomic mass is 32.2. The van der Waals surface area contributed by atoms with Crippen molar-refractivity contribution in [2.24, 2.45) is 0 Å². The number of amides is 2. The van der Waals surface area contributed by atoms with E-state index in [0.29, 0.717) is 28.8 Å². The van der Waals surface area contributed by atoms with Gasteiger partial charge in [0.05, 0.1) is 17.4 Å². The highest BCUT2D eigenvalue weighted by Gasteiger charge is 2.20. The fourth-order valence-corrected chi connectivity index (χ4v) is 3.74. The monoisotopic (exact) mass is 465 g/mol. The molecule has 10 heteroatoms. The lowest BCUT2D eigenvalue weighted by molar-refractivity contribution is -0.113. The molecule has 170 valence electrons. The number of thioether (sulfide) groups is 1. The molecule has 0 aliphatic carbocycles. The van der Waals surface area contributed by atoms with Crippen molar-refractivity contribution in [3.05, 3.63) is 84.2 Å². The van der Waals surface area contributed by atoms with Gasteiger partial charge in [-0.05, 0) is 43.3 Å². The van der Waals surface area contributed by atoms with Crippen LogP contribution in [-0.4, -0.2) is 43.4 Å². The van der Waals surface area contributed by atoms with Crippen LogP contribution < -0.4 is 10.6 Å². The van der Waals surface area contributed by atoms with Gasteiger partial charge in [-0.1, -0.05) is 36.0 Å². The Bertz CT molecular complexity index is 1150. The van der Waals surface area contributed by atoms with Crippen LogP contribution in [0.25, 0.3) is 0 Å². The fraction of sp³-hybridized carbons (Fsp3) is 0.174. The lowest BCUT2D eigenvalue weighted by Crippen LogP contribution is -2.28. The molecular formula is C23H23N5O4S. The number of rotatable bonds is 10. The maximum Gasteiger partial charge on any atom is 0.335 e. The molecule has 0 unspecified atom stereocenters. The van der Waals surface area contributed by atoms with Crippen molar-refractivity contribution in [1.82, 2.24) is 20.1 Å². The van der Waals surface area contributed by atoms with Gasteiger partial charge in [0.2, 0.25) is 5.91 Å². The van der Waals surface area contributed by atoms with Gasteiger partial charge < -0.3 is 20.3 Å². The molecule has 3 rings (SSSR count). The van der Waals surface area contributed by atoms with Crippen molar-refractivity contribution in [2.75, 3.05) is 11.1 Å². The van der Waals surface area contributed by atoms with Gasteiger partial charge in [-0.25, -0.2) is 4.79 Å². The van der Waals surface area contributed by atoms with Gasteiger partial charge in [-0.2, -0.15) is 0 Å². The maximum atomic E-state index is 12.5. The maximum absolute atomic E-state index is 12.5. The summed E-state index contributed by atoms with van der Waals surface area (Å²) in [5, 5.41) is 23.5. The molecule has 9 nitrogen and oxygen atoms in total. The first-order valence-corrected chi connectivity index (χ1v) is 11.0. The minimum atomic E-state index is -1.03. The lowest BCUT2D eigenvalue weighted by Gasteiger charge is -2.15. The van der Waals surface area contributed by atoms with Crippen LogP contribution >= 0.6 is 11.8 Å². The zero-order valence-corrected chi connectivity index (χ0v) is 18.7. The van der Waals surface area contributed by atoms with Crippen molar-refractivity contribution < 1.29 is 19.5 Å². The minimum Gasteiger partial charge on any atom is -0.478 e. The lowest BCUT2D eigenvalue weighted by atomic mass is 10.2. The molecule has 0 saturated heterocycles. The smallest absolute Gasteiger partial charge is 0.335 e. The van der Waals surface area contributed by atoms with Crippen LogP contribution in [0.1, 0.15) is 39.5 Å². The summed E-state index contributed by atoms with van der Waals surface area (Å²) >= 11 is 1.20. The van der Waals surface area contributed by atoms with Gasteiger partial charge in [-0.15, -0.1) is 16.8 Å². The van der Waals surface area contributed by atoms with Gasteiger partial charge in [0, 0.05) is 17.8 Å². The number of nitrogens with one attached hydrogen (secondary N) is 2. The van der Waals surface area contributed by atoms with E-state index in [4.69, 9.17) is 5.11 Å². The summed E-state index contributed by atoms with van der Waals surface area (Å²) in [6.45, 7) is 5.99. The third-order valence-electron chi connectivity index (χ3n) is 4.58. The summed E-state index contributed by atoms with van der Waals surface area (Å²) in [6.07, 6.45) is 1.69. The molecule has 1 atom stereocenters. The van der Waals surface area contributed by atoms with E-state index < -0.39 is 12.0 Å². The molecule has 2 aromatic carbocycles. The number of nitrogens with zero attached hydrogens (tertiary/aromatic N) is 3. The second-order valence-corrected chi connectivity index (χ2v) is 7.96. The Morgan fingerprint density at radius 3 is 2.42 bits per heavy atom. The summed E-state index contributed by atoms with van der Waals surface area (Å²) in [7, 11) is 0. The summed E-state index contributed by atoms with van der Waals surface area (Å²) in [5.74, 6) is -0.913. The Balaban J connectivity index is 1.63. The number of hydrogen-bond donors (Lipinski definition) is 3. The summed E-state index contributed by atoms with van der Waals surface area (Å²) in [4.78, 5) is 35.7. The molecule has 1 aromatic heterocycles. The number of benzene rings is 2. The SMILES string of the molecule is C=CCn1c(SCC(=O)Nc2ccc(C(=O)O)cc2)nnc1[C@@H](C)NC(=O)c1ccccc1. The molecule has 0 aliphatic heterocycles. The van der Waals surface area contributed by atoms with Crippen LogP contribution in [-0.2, 0) is 11.3 Å². The van der Waals surface area contributed by atoms with E-state index in [0.717, 1.165) is 0 Å². The standard InChI is InChI=1S/C23H23N5O4S/c1-3-13-28-20(15(2)24-21(30)16-7-5-4-6-8-16)26-27-23(28)33-14-19(29)25-18-11-9-17(10-12-18)22(31)32/h3-12,15H,1,13-14H2,2H3,(H,24,30)(H,25,29)(H,31,32)/t15-/m1/s1. The van der Waals surface area contributed by atoms with E-state index in [9.17, 15) is 14.4 Å². The highest BCUT2D eigenvalue weighted by Crippen LogP contribution is 2.21. The molecule has 2 amide bonds. The van der Waals surface area contributed by atoms with E-state index in [-0.39, 0.29) is 23.1 Å². The first kappa shape index (κ1) is 23.7. The zero-order valence-electron chi connectivity index (χ0n) is 17.9. The summed E-state index contributed by atoms with van der Waals surface area (Å²) in [5.41, 5.74) is 1.18. The number of carbonyl (C=O) groups is 3. The van der Waals surface area contributed by atoms with E-state index in [1.54, 1.807) is 34.9 Å². The molecule has 0 saturated carbocycles. The highest BCUT2D eigenvalue weighted by molar-refractivity contribution is 7.99. The molecule has 0 radical (unpaired) electrons. The number of aromatic carboxylic acids is 1. The van der Waals surface area contributed by atoms with Gasteiger partial charge in [0.1, 0.15) is 0 Å². The van der Waals surface area contributed by atoms with Crippen LogP contribution in [0, 0.1) is 0 Å². The van der Waals surface area contributed by atoms with E-state index in [2.05, 4.69) is 27.4 Å². The van der Waals surface area contributed by atoms with Crippen molar-refractivity contribution in [3.8, 4) is 0 Å². The largest absolute Gasteiger partial charge is 0.478 e. The Kier molecular flexibility index (Phi) is 7.98. The molecule has 0 aliphatic rings. The number of allylic oxidation sites excluding steroid dienone is 1. The Hall–Kier alpha value is -3.92. The second kappa shape index (κ2) is 11.1. The van der Waals surface area contributed by atoms with Crippen molar-refractivity contribution in [1.29, 1.82) is 0 Å². The normalized spacial score (nSPS) is 11.4. The third-order valence-corrected chi connectivity index (χ3v) is 5.54. The number of anilines is 1. The first-order chi connectivity index (χ1) is 15.9. The molecule has 1 heterocycles. The molecule has 3 aromatic rings. The first-order valence-electron chi connectivity index (χ1n) is 10.0. The second-order valence-electron chi connectivity index (χ2n) is 7.02. The van der Waals surface area contributed by atoms with Crippen LogP contribution in [0.5, 0.6) is 0 Å². The van der Waals surface area contributed by atoms with Crippen LogP contribution in [0.15, 0.2) is 72.4 Å². The number of carboxylic acid groups (broad SMARTS) is 1. The summed E-state index contributed by atoms with van der Waals surface area (Å²) < 4.78 is 1.79. The predicted molar refractivity (Wildman–Crippen MR) is 125 cm³/mol. The van der Waals surface area contributed by atoms with Gasteiger partial charge in [0.25, 0.3) is 5.91 Å². The van der Waals surface area contributed by atoms with Crippen molar-refractivity contribution in [2.45, 2.75) is 24.7 Å². The number of aromatic nitrogens is 3. The quantitative estimate of drug-likeness (QED) is 0.309. The molecule has 0 spiro atoms. The average Bonchev–Trinajstić information content (AvgIpc) is 3.21. The van der Waals surface area contributed by atoms with Crippen molar-refractivity contribution >= 4 is 35.2 Å². The zero-order chi connectivity index (χ0) is 23.8. The Morgan fingerprint density at radius 2 is 1.79 bits per heavy atom. The van der Waals surface area contributed by atoms with E-state index >= 15 is 0 Å². The van der Waals surface area contributed by atoms with Gasteiger partial charge >= 0.3 is 5.97 Å². The number of carbonyl (C=O) groups excluding carboxylic acids is 2. The fourth-order valence-electron chi connectivity index (χ4n) is 2.99. The molecule has 0 bridgehead atoms. The number of hydrogen-bond acceptors (Lipinski definition) is 6. The molecule has 33 heavy (non-hydrogen) atoms. The van der Waals surface area contributed by atoms with Crippen LogP contribution in [0.3, 0.4) is 0 Å². The Morgan fingerprint density at radius 1 is 1.09 bits per heavy atom. The molecule has 3 N–H and O–H groups in total. The minimum absolute atomic E-state index is 0.0702. The van der Waals surface area contributed by atoms with Crippen molar-refractivity contribution in [3.63, 3.8) is 0 Å². The van der Waals surface area contributed by atoms with Gasteiger partial charge in [-0.3, -0.25) is 9.59 Å². The third kappa shape index (κ3) is 6.30. The van der Waals surface area contributed by atoms with Crippen LogP contribution in [0.2, 0.25) is 0 Å². The van der Waals surface area contributed by atoms with E-state index in [1.807, 2.05) is 13.0 Å². The van der Waals surface area contributed by atoms with Gasteiger partial charge in [0.15, 0.2) is 11.0 Å². The molecular weight excluding hydrogens is 442 g/mol. The topological polar surface area (TPSA) is 126 Å². The Labute approximate surface area is 194 Å². The van der Waals surface area contributed by atoms with E-state index in [1.165, 1.54) is 36.0 Å². The average molecular weight is 466 g/mol.